The van der Waals surface area contributed by atoms with Crippen LogP contribution in [0.1, 0.15) is 11.1 Å². The van der Waals surface area contributed by atoms with Gasteiger partial charge in [0.05, 0.1) is 22.0 Å². The average molecular weight is 341 g/mol. The molecule has 0 spiro atoms. The van der Waals surface area contributed by atoms with E-state index in [1.165, 1.54) is 17.2 Å². The second-order valence-corrected chi connectivity index (χ2v) is 5.14. The molecule has 0 aliphatic rings. The number of hydrogen-bond acceptors (Lipinski definition) is 6. The predicted octanol–water partition coefficient (Wildman–Crippen LogP) is 1.68. The van der Waals surface area contributed by atoms with Crippen molar-refractivity contribution in [2.24, 2.45) is 7.05 Å². The lowest BCUT2D eigenvalue weighted by Crippen LogP contribution is -2.09. The van der Waals surface area contributed by atoms with Crippen LogP contribution < -0.4 is 11.1 Å². The standard InChI is InChI=1S/C16H13F2N7/c1-21-16-13(15(20)22-7-23-16)11(19)4-3-8-10(17)5-12-9(14(8)18)6-25(2)24-12/h5-7,19H,1-2H3,(H3,20,21,22,23). The first kappa shape index (κ1) is 16.3. The van der Waals surface area contributed by atoms with Gasteiger partial charge in [0.1, 0.15) is 29.5 Å². The van der Waals surface area contributed by atoms with Gasteiger partial charge in [0.15, 0.2) is 5.82 Å². The number of aryl methyl sites for hydroxylation is 1. The van der Waals surface area contributed by atoms with Crippen molar-refractivity contribution in [1.29, 1.82) is 5.41 Å². The lowest BCUT2D eigenvalue weighted by molar-refractivity contribution is 0.586. The van der Waals surface area contributed by atoms with Gasteiger partial charge in [0, 0.05) is 26.4 Å². The Morgan fingerprint density at radius 3 is 2.84 bits per heavy atom. The van der Waals surface area contributed by atoms with E-state index in [-0.39, 0.29) is 28.0 Å². The minimum atomic E-state index is -0.852. The normalized spacial score (nSPS) is 10.4. The highest BCUT2D eigenvalue weighted by Gasteiger charge is 2.16. The summed E-state index contributed by atoms with van der Waals surface area (Å²) in [7, 11) is 3.21. The van der Waals surface area contributed by atoms with Crippen LogP contribution in [0.15, 0.2) is 18.6 Å². The van der Waals surface area contributed by atoms with Gasteiger partial charge in [0.2, 0.25) is 0 Å². The van der Waals surface area contributed by atoms with Crippen LogP contribution in [-0.4, -0.2) is 32.5 Å². The Kier molecular flexibility index (Phi) is 4.02. The Hall–Kier alpha value is -3.54. The molecule has 0 radical (unpaired) electrons. The summed E-state index contributed by atoms with van der Waals surface area (Å²) in [5.41, 5.74) is 5.41. The Bertz CT molecular complexity index is 1060. The first-order valence-corrected chi connectivity index (χ1v) is 7.13. The fourth-order valence-electron chi connectivity index (χ4n) is 2.35. The number of nitrogens with two attached hydrogens (primary N) is 1. The van der Waals surface area contributed by atoms with E-state index < -0.39 is 17.2 Å². The summed E-state index contributed by atoms with van der Waals surface area (Å²) in [6.07, 6.45) is 2.67. The average Bonchev–Trinajstić information content (AvgIpc) is 2.94. The maximum Gasteiger partial charge on any atom is 0.152 e. The van der Waals surface area contributed by atoms with Gasteiger partial charge >= 0.3 is 0 Å². The van der Waals surface area contributed by atoms with E-state index in [0.29, 0.717) is 5.82 Å². The molecule has 2 aromatic heterocycles. The fourth-order valence-corrected chi connectivity index (χ4v) is 2.35. The number of anilines is 2. The van der Waals surface area contributed by atoms with Gasteiger partial charge in [0.25, 0.3) is 0 Å². The second kappa shape index (κ2) is 6.16. The number of nitrogen functional groups attached to an aromatic ring is 1. The summed E-state index contributed by atoms with van der Waals surface area (Å²) in [5, 5.41) is 14.9. The molecule has 3 rings (SSSR count). The first-order valence-electron chi connectivity index (χ1n) is 7.13. The molecular formula is C16H13F2N7. The highest BCUT2D eigenvalue weighted by atomic mass is 19.1. The molecule has 25 heavy (non-hydrogen) atoms. The zero-order valence-electron chi connectivity index (χ0n) is 13.4. The number of fused-ring (bicyclic) bond motifs is 1. The van der Waals surface area contributed by atoms with E-state index in [1.54, 1.807) is 14.1 Å². The quantitative estimate of drug-likeness (QED) is 0.486. The van der Waals surface area contributed by atoms with Crippen molar-refractivity contribution in [3.05, 3.63) is 41.4 Å². The molecule has 0 aliphatic carbocycles. The van der Waals surface area contributed by atoms with Crippen LogP contribution in [-0.2, 0) is 7.05 Å². The zero-order chi connectivity index (χ0) is 18.1. The van der Waals surface area contributed by atoms with Crippen LogP contribution in [0.5, 0.6) is 0 Å². The molecule has 2 heterocycles. The van der Waals surface area contributed by atoms with E-state index in [9.17, 15) is 8.78 Å². The molecule has 4 N–H and O–H groups in total. The SMILES string of the molecule is CNc1ncnc(N)c1C(=N)C#Cc1c(F)cc2nn(C)cc2c1F. The number of halogens is 2. The summed E-state index contributed by atoms with van der Waals surface area (Å²) in [5.74, 6) is 3.44. The molecule has 9 heteroatoms. The molecule has 0 unspecified atom stereocenters. The number of nitrogens with zero attached hydrogens (tertiary/aromatic N) is 4. The molecule has 7 nitrogen and oxygen atoms in total. The van der Waals surface area contributed by atoms with Gasteiger partial charge in [-0.2, -0.15) is 5.10 Å². The minimum absolute atomic E-state index is 0.0438. The van der Waals surface area contributed by atoms with Crippen molar-refractivity contribution in [3.8, 4) is 11.8 Å². The molecular weight excluding hydrogens is 328 g/mol. The second-order valence-electron chi connectivity index (χ2n) is 5.14. The van der Waals surface area contributed by atoms with Crippen molar-refractivity contribution in [2.75, 3.05) is 18.1 Å². The molecule has 0 saturated heterocycles. The van der Waals surface area contributed by atoms with E-state index in [4.69, 9.17) is 11.1 Å². The van der Waals surface area contributed by atoms with Gasteiger partial charge in [-0.25, -0.2) is 18.7 Å². The number of rotatable bonds is 2. The van der Waals surface area contributed by atoms with Crippen molar-refractivity contribution < 1.29 is 8.78 Å². The van der Waals surface area contributed by atoms with Crippen molar-refractivity contribution in [3.63, 3.8) is 0 Å². The van der Waals surface area contributed by atoms with Crippen LogP contribution in [0.25, 0.3) is 10.9 Å². The van der Waals surface area contributed by atoms with Gasteiger partial charge < -0.3 is 11.1 Å². The fraction of sp³-hybridized carbons (Fsp3) is 0.125. The van der Waals surface area contributed by atoms with E-state index in [1.807, 2.05) is 0 Å². The van der Waals surface area contributed by atoms with Crippen LogP contribution in [0.4, 0.5) is 20.4 Å². The smallest absolute Gasteiger partial charge is 0.152 e. The van der Waals surface area contributed by atoms with Gasteiger partial charge in [-0.15, -0.1) is 0 Å². The maximum absolute atomic E-state index is 14.5. The maximum atomic E-state index is 14.5. The lowest BCUT2D eigenvalue weighted by atomic mass is 10.1. The Balaban J connectivity index is 2.08. The van der Waals surface area contributed by atoms with Crippen molar-refractivity contribution in [1.82, 2.24) is 19.7 Å². The Morgan fingerprint density at radius 2 is 2.12 bits per heavy atom. The van der Waals surface area contributed by atoms with Crippen LogP contribution in [0, 0.1) is 28.9 Å². The van der Waals surface area contributed by atoms with Crippen LogP contribution >= 0.6 is 0 Å². The largest absolute Gasteiger partial charge is 0.383 e. The number of aromatic nitrogens is 4. The summed E-state index contributed by atoms with van der Waals surface area (Å²) in [6.45, 7) is 0. The number of benzene rings is 1. The van der Waals surface area contributed by atoms with E-state index in [0.717, 1.165) is 6.07 Å². The van der Waals surface area contributed by atoms with Crippen molar-refractivity contribution in [2.45, 2.75) is 0 Å². The zero-order valence-corrected chi connectivity index (χ0v) is 13.4. The van der Waals surface area contributed by atoms with E-state index >= 15 is 0 Å². The van der Waals surface area contributed by atoms with Crippen molar-refractivity contribution >= 4 is 28.3 Å². The molecule has 0 atom stereocenters. The third-order valence-corrected chi connectivity index (χ3v) is 3.49. The lowest BCUT2D eigenvalue weighted by Gasteiger charge is -2.07. The molecule has 0 saturated carbocycles. The van der Waals surface area contributed by atoms with E-state index in [2.05, 4.69) is 32.2 Å². The molecule has 0 aliphatic heterocycles. The topological polar surface area (TPSA) is 106 Å². The Morgan fingerprint density at radius 1 is 1.36 bits per heavy atom. The summed E-state index contributed by atoms with van der Waals surface area (Å²) < 4.78 is 30.0. The third-order valence-electron chi connectivity index (χ3n) is 3.49. The third kappa shape index (κ3) is 2.85. The first-order chi connectivity index (χ1) is 11.9. The van der Waals surface area contributed by atoms with Gasteiger partial charge in [-0.1, -0.05) is 5.92 Å². The van der Waals surface area contributed by atoms with Gasteiger partial charge in [-0.05, 0) is 5.92 Å². The highest BCUT2D eigenvalue weighted by Crippen LogP contribution is 2.22. The summed E-state index contributed by atoms with van der Waals surface area (Å²) in [6, 6.07) is 1.10. The number of nitrogens with one attached hydrogen (secondary N) is 2. The Labute approximate surface area is 141 Å². The molecule has 3 aromatic rings. The van der Waals surface area contributed by atoms with Crippen LogP contribution in [0.3, 0.4) is 0 Å². The molecule has 0 fully saturated rings. The molecule has 0 amide bonds. The highest BCUT2D eigenvalue weighted by molar-refractivity contribution is 6.16. The monoisotopic (exact) mass is 341 g/mol. The molecule has 0 bridgehead atoms. The molecule has 126 valence electrons. The minimum Gasteiger partial charge on any atom is -0.383 e. The summed E-state index contributed by atoms with van der Waals surface area (Å²) in [4.78, 5) is 7.74. The summed E-state index contributed by atoms with van der Waals surface area (Å²) >= 11 is 0. The predicted molar refractivity (Wildman–Crippen MR) is 90.3 cm³/mol. The van der Waals surface area contributed by atoms with Crippen LogP contribution in [0.2, 0.25) is 0 Å². The number of hydrogen-bond donors (Lipinski definition) is 3. The molecule has 1 aromatic carbocycles. The van der Waals surface area contributed by atoms with Gasteiger partial charge in [-0.3, -0.25) is 10.1 Å².